The monoisotopic (exact) mass is 268 g/mol. The molecule has 1 nitrogen and oxygen atoms in total. The van der Waals surface area contributed by atoms with Crippen molar-refractivity contribution < 1.29 is 5.11 Å². The summed E-state index contributed by atoms with van der Waals surface area (Å²) in [7, 11) is 0. The van der Waals surface area contributed by atoms with Gasteiger partial charge in [0, 0.05) is 11.8 Å². The molecule has 3 rings (SSSR count). The fourth-order valence-corrected chi connectivity index (χ4v) is 3.06. The van der Waals surface area contributed by atoms with E-state index in [1.165, 1.54) is 22.3 Å². The number of hydrogen-bond donors (Lipinski definition) is 1. The summed E-state index contributed by atoms with van der Waals surface area (Å²) in [6.07, 6.45) is 0.864. The summed E-state index contributed by atoms with van der Waals surface area (Å²) in [6.45, 7) is 1.99. The Morgan fingerprint density at radius 2 is 1.53 bits per heavy atom. The Morgan fingerprint density at radius 1 is 1.05 bits per heavy atom. The molecule has 1 N–H and O–H groups in total. The van der Waals surface area contributed by atoms with Gasteiger partial charge in [0.1, 0.15) is 0 Å². The minimum atomic E-state index is 0.0409. The molecule has 1 aliphatic rings. The second-order valence-electron chi connectivity index (χ2n) is 5.20. The highest BCUT2D eigenvalue weighted by Crippen LogP contribution is 2.47. The lowest BCUT2D eigenvalue weighted by molar-refractivity contribution is 0.485. The van der Waals surface area contributed by atoms with Crippen molar-refractivity contribution in [2.75, 3.05) is 0 Å². The lowest BCUT2D eigenvalue weighted by Gasteiger charge is -2.17. The number of benzene rings is 2. The molecule has 0 bridgehead atoms. The molecule has 1 unspecified atom stereocenters. The molecule has 19 heavy (non-hydrogen) atoms. The third-order valence-electron chi connectivity index (χ3n) is 3.97. The second-order valence-corrected chi connectivity index (χ2v) is 5.62. The lowest BCUT2D eigenvalue weighted by Crippen LogP contribution is -2.11. The Bertz CT molecular complexity index is 587. The average molecular weight is 268 g/mol. The van der Waals surface area contributed by atoms with Crippen LogP contribution in [-0.4, -0.2) is 10.2 Å². The molecule has 0 aliphatic heterocycles. The summed E-state index contributed by atoms with van der Waals surface area (Å²) >= 11 is 4.91. The predicted molar refractivity (Wildman–Crippen MR) is 82.7 cm³/mol. The van der Waals surface area contributed by atoms with E-state index in [9.17, 15) is 5.11 Å². The molecule has 0 aromatic heterocycles. The quantitative estimate of drug-likeness (QED) is 0.813. The van der Waals surface area contributed by atoms with Crippen LogP contribution in [-0.2, 0) is 0 Å². The lowest BCUT2D eigenvalue weighted by atomic mass is 9.88. The molecule has 2 aromatic rings. The van der Waals surface area contributed by atoms with Gasteiger partial charge in [-0.15, -0.1) is 0 Å². The molecule has 0 amide bonds. The molecular weight excluding hydrogens is 252 g/mol. The number of aliphatic hydroxyl groups is 1. The van der Waals surface area contributed by atoms with Gasteiger partial charge >= 0.3 is 0 Å². The van der Waals surface area contributed by atoms with Crippen molar-refractivity contribution in [1.82, 2.24) is 0 Å². The maximum absolute atomic E-state index is 9.51. The normalized spacial score (nSPS) is 14.8. The smallest absolute Gasteiger partial charge is 0.159 e. The van der Waals surface area contributed by atoms with Crippen LogP contribution in [0.15, 0.2) is 48.5 Å². The fraction of sp³-hybridized carbons (Fsp3) is 0.235. The van der Waals surface area contributed by atoms with Crippen molar-refractivity contribution in [3.63, 3.8) is 0 Å². The third-order valence-corrected chi connectivity index (χ3v) is 4.38. The van der Waals surface area contributed by atoms with Gasteiger partial charge in [-0.3, -0.25) is 0 Å². The van der Waals surface area contributed by atoms with Gasteiger partial charge in [-0.05, 0) is 40.9 Å². The van der Waals surface area contributed by atoms with Crippen molar-refractivity contribution in [1.29, 1.82) is 0 Å². The first-order valence-corrected chi connectivity index (χ1v) is 7.00. The summed E-state index contributed by atoms with van der Waals surface area (Å²) in [6, 6.07) is 17.1. The minimum absolute atomic E-state index is 0.0409. The number of rotatable bonds is 3. The van der Waals surface area contributed by atoms with Crippen molar-refractivity contribution in [3.8, 4) is 11.1 Å². The number of aliphatic hydroxyl groups excluding tert-OH is 1. The first kappa shape index (κ1) is 12.4. The molecule has 0 radical (unpaired) electrons. The van der Waals surface area contributed by atoms with Gasteiger partial charge in [0.25, 0.3) is 0 Å². The molecule has 0 heterocycles. The topological polar surface area (TPSA) is 20.2 Å². The molecule has 2 heteroatoms. The van der Waals surface area contributed by atoms with Crippen LogP contribution < -0.4 is 0 Å². The molecule has 0 fully saturated rings. The van der Waals surface area contributed by atoms with Crippen molar-refractivity contribution in [3.05, 3.63) is 59.7 Å². The molecular formula is C17H16OS. The van der Waals surface area contributed by atoms with Gasteiger partial charge in [0.05, 0.1) is 0 Å². The maximum atomic E-state index is 9.51. The SMILES string of the molecule is CC(CC1c2ccccc2-c2ccccc21)C(O)=S. The van der Waals surface area contributed by atoms with Crippen LogP contribution in [0.5, 0.6) is 0 Å². The summed E-state index contributed by atoms with van der Waals surface area (Å²) in [5.41, 5.74) is 5.34. The van der Waals surface area contributed by atoms with E-state index in [0.717, 1.165) is 6.42 Å². The Labute approximate surface area is 118 Å². The molecule has 2 aromatic carbocycles. The molecule has 0 saturated carbocycles. The van der Waals surface area contributed by atoms with Crippen LogP contribution in [0.1, 0.15) is 30.4 Å². The minimum Gasteiger partial charge on any atom is -0.502 e. The molecule has 0 saturated heterocycles. The Kier molecular flexibility index (Phi) is 3.11. The highest BCUT2D eigenvalue weighted by molar-refractivity contribution is 7.80. The zero-order chi connectivity index (χ0) is 13.4. The first-order chi connectivity index (χ1) is 9.18. The van der Waals surface area contributed by atoms with Gasteiger partial charge < -0.3 is 5.11 Å². The predicted octanol–water partition coefficient (Wildman–Crippen LogP) is 4.71. The summed E-state index contributed by atoms with van der Waals surface area (Å²) in [4.78, 5) is 0. The van der Waals surface area contributed by atoms with Crippen molar-refractivity contribution >= 4 is 17.3 Å². The van der Waals surface area contributed by atoms with Gasteiger partial charge in [-0.25, -0.2) is 0 Å². The van der Waals surface area contributed by atoms with Crippen molar-refractivity contribution in [2.45, 2.75) is 19.3 Å². The van der Waals surface area contributed by atoms with Crippen molar-refractivity contribution in [2.24, 2.45) is 5.92 Å². The molecule has 1 atom stereocenters. The van der Waals surface area contributed by atoms with Gasteiger partial charge in [0.15, 0.2) is 5.05 Å². The zero-order valence-electron chi connectivity index (χ0n) is 10.8. The van der Waals surface area contributed by atoms with Gasteiger partial charge in [-0.2, -0.15) is 0 Å². The standard InChI is InChI=1S/C17H16OS/c1-11(17(18)19)10-16-14-8-4-2-6-12(14)13-7-3-5-9-15(13)16/h2-9,11,16H,10H2,1H3,(H,18,19). The van der Waals surface area contributed by atoms with E-state index >= 15 is 0 Å². The molecule has 96 valence electrons. The largest absolute Gasteiger partial charge is 0.502 e. The third kappa shape index (κ3) is 2.06. The fourth-order valence-electron chi connectivity index (χ4n) is 2.97. The molecule has 0 spiro atoms. The summed E-state index contributed by atoms with van der Waals surface area (Å²) in [5.74, 6) is 0.381. The Morgan fingerprint density at radius 3 is 2.00 bits per heavy atom. The van der Waals surface area contributed by atoms with Gasteiger partial charge in [-0.1, -0.05) is 55.5 Å². The summed E-state index contributed by atoms with van der Waals surface area (Å²) < 4.78 is 0. The average Bonchev–Trinajstić information content (AvgIpc) is 2.74. The second kappa shape index (κ2) is 4.78. The van der Waals surface area contributed by atoms with Crippen LogP contribution in [0.3, 0.4) is 0 Å². The van der Waals surface area contributed by atoms with Crippen LogP contribution >= 0.6 is 12.2 Å². The van der Waals surface area contributed by atoms with Gasteiger partial charge in [0.2, 0.25) is 0 Å². The van der Waals surface area contributed by atoms with E-state index < -0.39 is 0 Å². The molecule has 1 aliphatic carbocycles. The number of fused-ring (bicyclic) bond motifs is 3. The van der Waals surface area contributed by atoms with E-state index in [1.807, 2.05) is 6.92 Å². The Hall–Kier alpha value is -1.67. The number of hydrogen-bond acceptors (Lipinski definition) is 1. The van der Waals surface area contributed by atoms with Crippen LogP contribution in [0, 0.1) is 5.92 Å². The Balaban J connectivity index is 2.07. The van der Waals surface area contributed by atoms with E-state index in [4.69, 9.17) is 12.2 Å². The maximum Gasteiger partial charge on any atom is 0.159 e. The highest BCUT2D eigenvalue weighted by Gasteiger charge is 2.29. The van der Waals surface area contributed by atoms with E-state index in [1.54, 1.807) is 0 Å². The van der Waals surface area contributed by atoms with Crippen LogP contribution in [0.4, 0.5) is 0 Å². The highest BCUT2D eigenvalue weighted by atomic mass is 32.1. The van der Waals surface area contributed by atoms with Crippen LogP contribution in [0.25, 0.3) is 11.1 Å². The van der Waals surface area contributed by atoms with Crippen LogP contribution in [0.2, 0.25) is 0 Å². The first-order valence-electron chi connectivity index (χ1n) is 6.59. The van der Waals surface area contributed by atoms with E-state index in [2.05, 4.69) is 48.5 Å². The summed E-state index contributed by atoms with van der Waals surface area (Å²) in [5, 5.41) is 9.62. The van der Waals surface area contributed by atoms with E-state index in [0.29, 0.717) is 5.92 Å². The zero-order valence-corrected chi connectivity index (χ0v) is 11.7. The van der Waals surface area contributed by atoms with E-state index in [-0.39, 0.29) is 11.0 Å². The number of thiocarbonyl (C=S) groups is 1.